The van der Waals surface area contributed by atoms with Crippen molar-refractivity contribution in [1.82, 2.24) is 4.90 Å². The van der Waals surface area contributed by atoms with Gasteiger partial charge in [0.2, 0.25) is 0 Å². The number of halogens is 1. The van der Waals surface area contributed by atoms with Crippen LogP contribution in [0.3, 0.4) is 0 Å². The molecule has 1 saturated heterocycles. The molecule has 0 amide bonds. The molecule has 1 aliphatic heterocycles. The zero-order valence-electron chi connectivity index (χ0n) is 18.3. The molecule has 3 rings (SSSR count). The molecule has 5 heteroatoms. The van der Waals surface area contributed by atoms with E-state index in [1.165, 1.54) is 0 Å². The predicted molar refractivity (Wildman–Crippen MR) is 122 cm³/mol. The summed E-state index contributed by atoms with van der Waals surface area (Å²) >= 11 is 6.17. The number of methoxy groups -OCH3 is 1. The standard InChI is InChI=1S/C25H34ClNO3/c1-19(2)12-13-25(28,21-6-10-23(29-3)11-7-21)24(18-27-14-16-30-17-15-27)20-4-8-22(26)9-5-20/h4-11,19,24,28H,12-18H2,1-3H3/t24-,25+/m1/s1. The number of morpholine rings is 1. The summed E-state index contributed by atoms with van der Waals surface area (Å²) in [5, 5.41) is 13.0. The zero-order valence-corrected chi connectivity index (χ0v) is 19.1. The number of rotatable bonds is 9. The minimum Gasteiger partial charge on any atom is -0.497 e. The molecule has 0 spiro atoms. The summed E-state index contributed by atoms with van der Waals surface area (Å²) in [7, 11) is 1.66. The van der Waals surface area contributed by atoms with Gasteiger partial charge in [-0.3, -0.25) is 4.90 Å². The van der Waals surface area contributed by atoms with Gasteiger partial charge in [-0.25, -0.2) is 0 Å². The minimum absolute atomic E-state index is 0.0833. The quantitative estimate of drug-likeness (QED) is 0.600. The van der Waals surface area contributed by atoms with Crippen molar-refractivity contribution in [2.24, 2.45) is 5.92 Å². The Morgan fingerprint density at radius 1 is 1.07 bits per heavy atom. The van der Waals surface area contributed by atoms with Crippen LogP contribution in [0.4, 0.5) is 0 Å². The van der Waals surface area contributed by atoms with Crippen LogP contribution in [-0.2, 0) is 10.3 Å². The maximum absolute atomic E-state index is 12.3. The molecule has 0 unspecified atom stereocenters. The lowest BCUT2D eigenvalue weighted by Gasteiger charge is -2.41. The molecule has 2 aromatic rings. The van der Waals surface area contributed by atoms with E-state index < -0.39 is 5.60 Å². The highest BCUT2D eigenvalue weighted by atomic mass is 35.5. The number of benzene rings is 2. The topological polar surface area (TPSA) is 41.9 Å². The third kappa shape index (κ3) is 5.76. The van der Waals surface area contributed by atoms with Crippen LogP contribution in [-0.4, -0.2) is 50.0 Å². The SMILES string of the molecule is COc1ccc([C@@](O)(CCC(C)C)[C@H](CN2CCOCC2)c2ccc(Cl)cc2)cc1. The molecule has 1 heterocycles. The molecular formula is C25H34ClNO3. The van der Waals surface area contributed by atoms with Crippen molar-refractivity contribution < 1.29 is 14.6 Å². The Morgan fingerprint density at radius 2 is 1.70 bits per heavy atom. The maximum Gasteiger partial charge on any atom is 0.118 e. The van der Waals surface area contributed by atoms with E-state index >= 15 is 0 Å². The van der Waals surface area contributed by atoms with Gasteiger partial charge >= 0.3 is 0 Å². The van der Waals surface area contributed by atoms with Crippen LogP contribution in [0.1, 0.15) is 43.7 Å². The summed E-state index contributed by atoms with van der Waals surface area (Å²) in [6.07, 6.45) is 1.63. The van der Waals surface area contributed by atoms with Gasteiger partial charge in [0.25, 0.3) is 0 Å². The summed E-state index contributed by atoms with van der Waals surface area (Å²) < 4.78 is 10.9. The second-order valence-electron chi connectivity index (χ2n) is 8.60. The van der Waals surface area contributed by atoms with Crippen molar-refractivity contribution in [1.29, 1.82) is 0 Å². The maximum atomic E-state index is 12.3. The second kappa shape index (κ2) is 10.6. The van der Waals surface area contributed by atoms with E-state index in [2.05, 4.69) is 30.9 Å². The molecule has 30 heavy (non-hydrogen) atoms. The van der Waals surface area contributed by atoms with E-state index in [1.54, 1.807) is 7.11 Å². The van der Waals surface area contributed by atoms with E-state index in [-0.39, 0.29) is 5.92 Å². The molecule has 1 aliphatic rings. The van der Waals surface area contributed by atoms with Crippen molar-refractivity contribution in [3.8, 4) is 5.75 Å². The molecule has 164 valence electrons. The second-order valence-corrected chi connectivity index (χ2v) is 9.04. The Hall–Kier alpha value is -1.59. The molecule has 0 saturated carbocycles. The Kier molecular flexibility index (Phi) is 8.18. The van der Waals surface area contributed by atoms with Gasteiger partial charge in [-0.05, 0) is 54.2 Å². The molecule has 0 bridgehead atoms. The molecule has 0 aromatic heterocycles. The fourth-order valence-corrected chi connectivity index (χ4v) is 4.30. The third-order valence-electron chi connectivity index (χ3n) is 6.09. The van der Waals surface area contributed by atoms with Crippen LogP contribution in [0.2, 0.25) is 5.02 Å². The van der Waals surface area contributed by atoms with Crippen LogP contribution >= 0.6 is 11.6 Å². The van der Waals surface area contributed by atoms with E-state index in [4.69, 9.17) is 21.1 Å². The average molecular weight is 432 g/mol. The van der Waals surface area contributed by atoms with Gasteiger partial charge in [0.1, 0.15) is 5.75 Å². The number of ether oxygens (including phenoxy) is 2. The molecule has 2 aromatic carbocycles. The lowest BCUT2D eigenvalue weighted by atomic mass is 9.73. The van der Waals surface area contributed by atoms with Crippen LogP contribution < -0.4 is 4.74 Å². The van der Waals surface area contributed by atoms with Gasteiger partial charge < -0.3 is 14.6 Å². The fourth-order valence-electron chi connectivity index (χ4n) is 4.18. The number of aliphatic hydroxyl groups is 1. The van der Waals surface area contributed by atoms with E-state index in [1.807, 2.05) is 36.4 Å². The van der Waals surface area contributed by atoms with Crippen LogP contribution in [0.15, 0.2) is 48.5 Å². The molecule has 0 radical (unpaired) electrons. The van der Waals surface area contributed by atoms with Crippen molar-refractivity contribution in [2.75, 3.05) is 40.0 Å². The van der Waals surface area contributed by atoms with E-state index in [0.717, 1.165) is 56.1 Å². The fraction of sp³-hybridized carbons (Fsp3) is 0.520. The highest BCUT2D eigenvalue weighted by Gasteiger charge is 2.40. The van der Waals surface area contributed by atoms with Gasteiger partial charge in [0, 0.05) is 30.6 Å². The highest BCUT2D eigenvalue weighted by Crippen LogP contribution is 2.43. The Labute approximate surface area is 185 Å². The van der Waals surface area contributed by atoms with Gasteiger partial charge in [0.15, 0.2) is 0 Å². The smallest absolute Gasteiger partial charge is 0.118 e. The molecule has 4 nitrogen and oxygen atoms in total. The highest BCUT2D eigenvalue weighted by molar-refractivity contribution is 6.30. The molecular weight excluding hydrogens is 398 g/mol. The van der Waals surface area contributed by atoms with Crippen LogP contribution in [0, 0.1) is 5.92 Å². The zero-order chi connectivity index (χ0) is 21.6. The molecule has 0 aliphatic carbocycles. The van der Waals surface area contributed by atoms with Crippen molar-refractivity contribution in [2.45, 2.75) is 38.2 Å². The first kappa shape index (κ1) is 23.1. The predicted octanol–water partition coefficient (Wildman–Crippen LogP) is 5.09. The van der Waals surface area contributed by atoms with Gasteiger partial charge in [-0.15, -0.1) is 0 Å². The summed E-state index contributed by atoms with van der Waals surface area (Å²) in [5.74, 6) is 1.21. The van der Waals surface area contributed by atoms with Crippen molar-refractivity contribution in [3.63, 3.8) is 0 Å². The Balaban J connectivity index is 2.02. The summed E-state index contributed by atoms with van der Waals surface area (Å²) in [4.78, 5) is 2.40. The van der Waals surface area contributed by atoms with Crippen molar-refractivity contribution in [3.05, 3.63) is 64.7 Å². The first-order valence-corrected chi connectivity index (χ1v) is 11.2. The molecule has 1 N–H and O–H groups in total. The van der Waals surface area contributed by atoms with Gasteiger partial charge in [-0.2, -0.15) is 0 Å². The Morgan fingerprint density at radius 3 is 2.27 bits per heavy atom. The molecule has 1 fully saturated rings. The summed E-state index contributed by atoms with van der Waals surface area (Å²) in [6.45, 7) is 8.41. The first-order chi connectivity index (χ1) is 14.4. The number of nitrogens with zero attached hydrogens (tertiary/aromatic N) is 1. The number of hydrogen-bond donors (Lipinski definition) is 1. The van der Waals surface area contributed by atoms with Crippen LogP contribution in [0.5, 0.6) is 5.75 Å². The Bertz CT molecular complexity index is 772. The monoisotopic (exact) mass is 431 g/mol. The first-order valence-electron chi connectivity index (χ1n) is 10.8. The van der Waals surface area contributed by atoms with Gasteiger partial charge in [-0.1, -0.05) is 49.7 Å². The lowest BCUT2D eigenvalue weighted by molar-refractivity contribution is -0.0311. The van der Waals surface area contributed by atoms with Crippen molar-refractivity contribution >= 4 is 11.6 Å². The average Bonchev–Trinajstić information content (AvgIpc) is 2.77. The number of hydrogen-bond acceptors (Lipinski definition) is 4. The van der Waals surface area contributed by atoms with Gasteiger partial charge in [0.05, 0.1) is 25.9 Å². The minimum atomic E-state index is -0.997. The van der Waals surface area contributed by atoms with E-state index in [0.29, 0.717) is 17.4 Å². The van der Waals surface area contributed by atoms with Crippen LogP contribution in [0.25, 0.3) is 0 Å². The summed E-state index contributed by atoms with van der Waals surface area (Å²) in [6, 6.07) is 15.8. The summed E-state index contributed by atoms with van der Waals surface area (Å²) in [5.41, 5.74) is 1.04. The lowest BCUT2D eigenvalue weighted by Crippen LogP contribution is -2.45. The normalized spacial score (nSPS) is 18.2. The largest absolute Gasteiger partial charge is 0.497 e. The third-order valence-corrected chi connectivity index (χ3v) is 6.34. The van der Waals surface area contributed by atoms with E-state index in [9.17, 15) is 5.11 Å². The molecule has 2 atom stereocenters.